The number of hydrogen-bond donors (Lipinski definition) is 1. The molecule has 0 atom stereocenters. The van der Waals surface area contributed by atoms with Crippen LogP contribution in [-0.4, -0.2) is 24.7 Å². The number of amides is 1. The minimum atomic E-state index is 0.112. The molecule has 0 aromatic heterocycles. The van der Waals surface area contributed by atoms with Gasteiger partial charge in [0.2, 0.25) is 5.91 Å². The van der Waals surface area contributed by atoms with Gasteiger partial charge in [0.15, 0.2) is 0 Å². The maximum absolute atomic E-state index is 11.6. The molecular weight excluding hydrogens is 178 g/mol. The average molecular weight is 195 g/mol. The Balaban J connectivity index is 1.91. The molecule has 1 amide bonds. The molecule has 78 valence electrons. The van der Waals surface area contributed by atoms with Crippen molar-refractivity contribution in [3.8, 4) is 0 Å². The predicted molar refractivity (Wildman–Crippen MR) is 51.8 cm³/mol. The Labute approximate surface area is 84.2 Å². The molecule has 3 fully saturated rings. The molecule has 1 saturated carbocycles. The molecule has 1 aliphatic carbocycles. The van der Waals surface area contributed by atoms with Crippen LogP contribution in [0.5, 0.6) is 0 Å². The first kappa shape index (κ1) is 8.72. The Bertz CT molecular complexity index is 264. The lowest BCUT2D eigenvalue weighted by Gasteiger charge is -2.52. The van der Waals surface area contributed by atoms with Crippen LogP contribution in [0.2, 0.25) is 0 Å². The summed E-state index contributed by atoms with van der Waals surface area (Å²) in [6.07, 6.45) is 6.61. The summed E-state index contributed by atoms with van der Waals surface area (Å²) in [6, 6.07) is 0. The highest BCUT2D eigenvalue weighted by Crippen LogP contribution is 2.58. The molecule has 0 unspecified atom stereocenters. The first-order chi connectivity index (χ1) is 6.77. The lowest BCUT2D eigenvalue weighted by atomic mass is 9.55. The van der Waals surface area contributed by atoms with E-state index in [9.17, 15) is 4.79 Å². The fourth-order valence-corrected chi connectivity index (χ4v) is 3.55. The first-order valence-corrected chi connectivity index (χ1v) is 5.65. The molecule has 3 nitrogen and oxygen atoms in total. The summed E-state index contributed by atoms with van der Waals surface area (Å²) < 4.78 is 5.40. The fourth-order valence-electron chi connectivity index (χ4n) is 3.55. The van der Waals surface area contributed by atoms with E-state index in [2.05, 4.69) is 5.32 Å². The molecular formula is C11H17NO2. The zero-order valence-electron chi connectivity index (χ0n) is 8.47. The highest BCUT2D eigenvalue weighted by molar-refractivity contribution is 5.81. The average Bonchev–Trinajstić information content (AvgIpc) is 2.39. The summed E-state index contributed by atoms with van der Waals surface area (Å²) in [6.45, 7) is 1.64. The summed E-state index contributed by atoms with van der Waals surface area (Å²) in [5.74, 6) is 0.270. The molecule has 3 heteroatoms. The second kappa shape index (κ2) is 2.72. The third-order valence-corrected chi connectivity index (χ3v) is 4.55. The Hall–Kier alpha value is -0.570. The third-order valence-electron chi connectivity index (χ3n) is 4.55. The quantitative estimate of drug-likeness (QED) is 0.631. The summed E-state index contributed by atoms with van der Waals surface area (Å²) in [5.41, 5.74) is 0.425. The van der Waals surface area contributed by atoms with Crippen LogP contribution < -0.4 is 5.32 Å². The fraction of sp³-hybridized carbons (Fsp3) is 0.909. The van der Waals surface area contributed by atoms with Crippen molar-refractivity contribution in [2.45, 2.75) is 44.1 Å². The lowest BCUT2D eigenvalue weighted by Crippen LogP contribution is -2.58. The van der Waals surface area contributed by atoms with Gasteiger partial charge in [0.1, 0.15) is 0 Å². The minimum Gasteiger partial charge on any atom is -0.381 e. The van der Waals surface area contributed by atoms with Crippen molar-refractivity contribution in [1.29, 1.82) is 0 Å². The first-order valence-electron chi connectivity index (χ1n) is 5.65. The molecule has 2 heterocycles. The molecule has 3 rings (SSSR count). The summed E-state index contributed by atoms with van der Waals surface area (Å²) >= 11 is 0. The molecule has 3 aliphatic rings. The van der Waals surface area contributed by atoms with Crippen molar-refractivity contribution in [3.05, 3.63) is 0 Å². The number of hydrogen-bond acceptors (Lipinski definition) is 2. The molecule has 2 saturated heterocycles. The Morgan fingerprint density at radius 3 is 2.43 bits per heavy atom. The maximum atomic E-state index is 11.6. The van der Waals surface area contributed by atoms with Crippen LogP contribution in [0.4, 0.5) is 0 Å². The topological polar surface area (TPSA) is 38.3 Å². The number of fused-ring (bicyclic) bond motifs is 1. The summed E-state index contributed by atoms with van der Waals surface area (Å²) in [5, 5.41) is 3.24. The van der Waals surface area contributed by atoms with Gasteiger partial charge in [-0.3, -0.25) is 4.79 Å². The van der Waals surface area contributed by atoms with Crippen molar-refractivity contribution in [1.82, 2.24) is 5.32 Å². The van der Waals surface area contributed by atoms with Gasteiger partial charge in [-0.05, 0) is 25.7 Å². The van der Waals surface area contributed by atoms with Crippen molar-refractivity contribution in [3.63, 3.8) is 0 Å². The standard InChI is InChI=1S/C11H17NO2/c13-9-8-10(2-1-3-10)11(12-9)4-6-14-7-5-11/h1-8H2,(H,12,13). The van der Waals surface area contributed by atoms with E-state index in [0.29, 0.717) is 5.41 Å². The molecule has 14 heavy (non-hydrogen) atoms. The van der Waals surface area contributed by atoms with Gasteiger partial charge < -0.3 is 10.1 Å². The van der Waals surface area contributed by atoms with Gasteiger partial charge >= 0.3 is 0 Å². The van der Waals surface area contributed by atoms with Crippen molar-refractivity contribution < 1.29 is 9.53 Å². The van der Waals surface area contributed by atoms with Gasteiger partial charge in [0, 0.05) is 25.0 Å². The summed E-state index contributed by atoms with van der Waals surface area (Å²) in [4.78, 5) is 11.6. The third kappa shape index (κ3) is 0.937. The molecule has 0 bridgehead atoms. The Morgan fingerprint density at radius 2 is 1.86 bits per heavy atom. The monoisotopic (exact) mass is 195 g/mol. The second-order valence-corrected chi connectivity index (χ2v) is 5.05. The van der Waals surface area contributed by atoms with Crippen LogP contribution in [0.3, 0.4) is 0 Å². The largest absolute Gasteiger partial charge is 0.381 e. The van der Waals surface area contributed by atoms with E-state index >= 15 is 0 Å². The normalized spacial score (nSPS) is 33.0. The van der Waals surface area contributed by atoms with E-state index in [1.54, 1.807) is 0 Å². The van der Waals surface area contributed by atoms with Crippen LogP contribution >= 0.6 is 0 Å². The van der Waals surface area contributed by atoms with Crippen molar-refractivity contribution in [2.24, 2.45) is 5.41 Å². The Kier molecular flexibility index (Phi) is 1.69. The van der Waals surface area contributed by atoms with Crippen LogP contribution in [0.25, 0.3) is 0 Å². The predicted octanol–water partition coefficient (Wildman–Crippen LogP) is 1.23. The molecule has 2 spiro atoms. The minimum absolute atomic E-state index is 0.112. The maximum Gasteiger partial charge on any atom is 0.221 e. The van der Waals surface area contributed by atoms with Crippen LogP contribution in [-0.2, 0) is 9.53 Å². The number of ether oxygens (including phenoxy) is 1. The van der Waals surface area contributed by atoms with Crippen molar-refractivity contribution in [2.75, 3.05) is 13.2 Å². The van der Waals surface area contributed by atoms with E-state index in [1.807, 2.05) is 0 Å². The highest BCUT2D eigenvalue weighted by atomic mass is 16.5. The number of carbonyl (C=O) groups excluding carboxylic acids is 1. The second-order valence-electron chi connectivity index (χ2n) is 5.05. The number of nitrogens with one attached hydrogen (secondary N) is 1. The number of rotatable bonds is 0. The molecule has 2 aliphatic heterocycles. The van der Waals surface area contributed by atoms with Gasteiger partial charge in [-0.1, -0.05) is 6.42 Å². The highest BCUT2D eigenvalue weighted by Gasteiger charge is 2.60. The summed E-state index contributed by atoms with van der Waals surface area (Å²) in [7, 11) is 0. The van der Waals surface area contributed by atoms with Gasteiger partial charge in [-0.2, -0.15) is 0 Å². The van der Waals surface area contributed by atoms with E-state index in [1.165, 1.54) is 19.3 Å². The zero-order valence-corrected chi connectivity index (χ0v) is 8.47. The van der Waals surface area contributed by atoms with Gasteiger partial charge in [0.25, 0.3) is 0 Å². The SMILES string of the molecule is O=C1CC2(CCC2)C2(CCOCC2)N1. The Morgan fingerprint density at radius 1 is 1.14 bits per heavy atom. The van der Waals surface area contributed by atoms with E-state index < -0.39 is 0 Å². The van der Waals surface area contributed by atoms with Crippen LogP contribution in [0.15, 0.2) is 0 Å². The van der Waals surface area contributed by atoms with E-state index in [0.717, 1.165) is 32.5 Å². The van der Waals surface area contributed by atoms with Gasteiger partial charge in [0.05, 0.1) is 5.54 Å². The molecule has 0 aromatic carbocycles. The zero-order chi connectivity index (χ0) is 9.65. The number of carbonyl (C=O) groups is 1. The van der Waals surface area contributed by atoms with E-state index in [4.69, 9.17) is 4.74 Å². The molecule has 0 radical (unpaired) electrons. The van der Waals surface area contributed by atoms with Crippen LogP contribution in [0, 0.1) is 5.41 Å². The molecule has 0 aromatic rings. The molecule has 1 N–H and O–H groups in total. The van der Waals surface area contributed by atoms with Gasteiger partial charge in [-0.15, -0.1) is 0 Å². The van der Waals surface area contributed by atoms with Gasteiger partial charge in [-0.25, -0.2) is 0 Å². The van der Waals surface area contributed by atoms with Crippen molar-refractivity contribution >= 4 is 5.91 Å². The van der Waals surface area contributed by atoms with Crippen LogP contribution in [0.1, 0.15) is 38.5 Å². The smallest absolute Gasteiger partial charge is 0.221 e. The van der Waals surface area contributed by atoms with E-state index in [-0.39, 0.29) is 11.4 Å². The lowest BCUT2D eigenvalue weighted by molar-refractivity contribution is -0.120.